The van der Waals surface area contributed by atoms with Crippen molar-refractivity contribution >= 4 is 40.4 Å². The number of benzene rings is 1. The van der Waals surface area contributed by atoms with Crippen LogP contribution in [0.4, 0.5) is 0 Å². The lowest BCUT2D eigenvalue weighted by Gasteiger charge is -2.30. The highest BCUT2D eigenvalue weighted by Crippen LogP contribution is 2.49. The molecule has 0 fully saturated rings. The first-order valence-corrected chi connectivity index (χ1v) is 8.82. The van der Waals surface area contributed by atoms with Gasteiger partial charge in [-0.25, -0.2) is 0 Å². The molecular weight excluding hydrogens is 268 g/mol. The summed E-state index contributed by atoms with van der Waals surface area (Å²) >= 11 is 4.78. The zero-order chi connectivity index (χ0) is 12.7. The molecule has 0 saturated heterocycles. The number of hydrogen-bond acceptors (Lipinski definition) is 4. The van der Waals surface area contributed by atoms with E-state index in [9.17, 15) is 4.79 Å². The van der Waals surface area contributed by atoms with Crippen LogP contribution in [0.2, 0.25) is 0 Å². The van der Waals surface area contributed by atoms with Gasteiger partial charge in [-0.2, -0.15) is 0 Å². The molecule has 0 saturated carbocycles. The standard InChI is InChI=1S/C13H18OS3/c1-4-16-13(17-5-2,12(14)15-3)11-9-7-6-8-10-11/h6-10H,4-5H2,1-3H3. The zero-order valence-electron chi connectivity index (χ0n) is 10.4. The summed E-state index contributed by atoms with van der Waals surface area (Å²) in [5.41, 5.74) is 1.11. The molecule has 4 heteroatoms. The van der Waals surface area contributed by atoms with Gasteiger partial charge in [-0.3, -0.25) is 4.79 Å². The van der Waals surface area contributed by atoms with E-state index in [0.717, 1.165) is 17.1 Å². The molecule has 0 radical (unpaired) electrons. The van der Waals surface area contributed by atoms with E-state index in [2.05, 4.69) is 26.0 Å². The van der Waals surface area contributed by atoms with Gasteiger partial charge in [-0.15, -0.1) is 23.5 Å². The topological polar surface area (TPSA) is 17.1 Å². The van der Waals surface area contributed by atoms with Crippen LogP contribution >= 0.6 is 35.3 Å². The number of carbonyl (C=O) groups excluding carboxylic acids is 1. The second kappa shape index (κ2) is 7.39. The summed E-state index contributed by atoms with van der Waals surface area (Å²) in [5, 5.41) is 0.238. The van der Waals surface area contributed by atoms with Gasteiger partial charge in [0.15, 0.2) is 4.08 Å². The highest BCUT2D eigenvalue weighted by Gasteiger charge is 2.39. The van der Waals surface area contributed by atoms with Gasteiger partial charge in [0.1, 0.15) is 0 Å². The molecule has 1 aromatic carbocycles. The van der Waals surface area contributed by atoms with Crippen molar-refractivity contribution in [1.82, 2.24) is 0 Å². The third kappa shape index (κ3) is 3.46. The number of carbonyl (C=O) groups is 1. The minimum Gasteiger partial charge on any atom is -0.284 e. The van der Waals surface area contributed by atoms with E-state index < -0.39 is 4.08 Å². The van der Waals surface area contributed by atoms with Gasteiger partial charge < -0.3 is 0 Å². The van der Waals surface area contributed by atoms with Crippen LogP contribution in [0.1, 0.15) is 19.4 Å². The van der Waals surface area contributed by atoms with E-state index in [1.807, 2.05) is 24.5 Å². The highest BCUT2D eigenvalue weighted by atomic mass is 32.2. The predicted molar refractivity (Wildman–Crippen MR) is 82.9 cm³/mol. The molecule has 0 aliphatic heterocycles. The lowest BCUT2D eigenvalue weighted by atomic mass is 10.1. The average Bonchev–Trinajstić information content (AvgIpc) is 2.38. The molecule has 1 aromatic rings. The summed E-state index contributed by atoms with van der Waals surface area (Å²) in [6.07, 6.45) is 1.87. The smallest absolute Gasteiger partial charge is 0.219 e. The molecule has 0 heterocycles. The van der Waals surface area contributed by atoms with Crippen LogP contribution in [-0.2, 0) is 8.87 Å². The van der Waals surface area contributed by atoms with Crippen LogP contribution in [0.15, 0.2) is 30.3 Å². The summed E-state index contributed by atoms with van der Waals surface area (Å²) in [7, 11) is 0. The fraction of sp³-hybridized carbons (Fsp3) is 0.462. The van der Waals surface area contributed by atoms with Crippen molar-refractivity contribution in [3.8, 4) is 0 Å². The first kappa shape index (κ1) is 15.0. The maximum Gasteiger partial charge on any atom is 0.219 e. The monoisotopic (exact) mass is 286 g/mol. The SMILES string of the molecule is CCSC(SCC)(C(=O)SC)c1ccccc1. The Labute approximate surface area is 117 Å². The third-order valence-electron chi connectivity index (χ3n) is 2.30. The molecule has 1 nitrogen and oxygen atoms in total. The van der Waals surface area contributed by atoms with Crippen LogP contribution < -0.4 is 0 Å². The van der Waals surface area contributed by atoms with E-state index >= 15 is 0 Å². The fourth-order valence-corrected chi connectivity index (χ4v) is 5.58. The number of hydrogen-bond donors (Lipinski definition) is 0. The summed E-state index contributed by atoms with van der Waals surface area (Å²) in [6.45, 7) is 4.21. The molecule has 0 aromatic heterocycles. The molecule has 0 atom stereocenters. The van der Waals surface area contributed by atoms with Crippen molar-refractivity contribution in [3.63, 3.8) is 0 Å². The van der Waals surface area contributed by atoms with Crippen molar-refractivity contribution in [2.24, 2.45) is 0 Å². The van der Waals surface area contributed by atoms with E-state index in [4.69, 9.17) is 0 Å². The predicted octanol–water partition coefficient (Wildman–Crippen LogP) is 4.24. The van der Waals surface area contributed by atoms with Gasteiger partial charge in [-0.05, 0) is 23.3 Å². The van der Waals surface area contributed by atoms with Crippen molar-refractivity contribution in [3.05, 3.63) is 35.9 Å². The van der Waals surface area contributed by atoms with Crippen molar-refractivity contribution < 1.29 is 4.79 Å². The summed E-state index contributed by atoms with van der Waals surface area (Å²) in [4.78, 5) is 12.3. The number of thioether (sulfide) groups is 3. The lowest BCUT2D eigenvalue weighted by Crippen LogP contribution is -2.27. The molecule has 0 aliphatic carbocycles. The van der Waals surface area contributed by atoms with Crippen LogP contribution in [0.5, 0.6) is 0 Å². The van der Waals surface area contributed by atoms with Gasteiger partial charge in [0.25, 0.3) is 0 Å². The van der Waals surface area contributed by atoms with E-state index in [1.54, 1.807) is 23.5 Å². The minimum absolute atomic E-state index is 0.238. The first-order valence-electron chi connectivity index (χ1n) is 5.63. The molecule has 0 bridgehead atoms. The second-order valence-electron chi connectivity index (χ2n) is 3.34. The molecule has 0 spiro atoms. The Morgan fingerprint density at radius 3 is 2.06 bits per heavy atom. The third-order valence-corrected chi connectivity index (χ3v) is 6.18. The maximum absolute atomic E-state index is 12.3. The molecule has 0 aliphatic rings. The highest BCUT2D eigenvalue weighted by molar-refractivity contribution is 8.24. The summed E-state index contributed by atoms with van der Waals surface area (Å²) in [5.74, 6) is 1.88. The molecular formula is C13H18OS3. The molecule has 94 valence electrons. The summed E-state index contributed by atoms with van der Waals surface area (Å²) < 4.78 is -0.440. The molecule has 0 unspecified atom stereocenters. The minimum atomic E-state index is -0.440. The Kier molecular flexibility index (Phi) is 6.52. The molecule has 1 rings (SSSR count). The average molecular weight is 286 g/mol. The van der Waals surface area contributed by atoms with Gasteiger partial charge in [0.2, 0.25) is 5.12 Å². The van der Waals surface area contributed by atoms with Gasteiger partial charge >= 0.3 is 0 Å². The van der Waals surface area contributed by atoms with Gasteiger partial charge in [0.05, 0.1) is 0 Å². The maximum atomic E-state index is 12.3. The lowest BCUT2D eigenvalue weighted by molar-refractivity contribution is -0.111. The quantitative estimate of drug-likeness (QED) is 0.727. The van der Waals surface area contributed by atoms with Crippen molar-refractivity contribution in [2.45, 2.75) is 17.9 Å². The van der Waals surface area contributed by atoms with E-state index in [1.165, 1.54) is 11.8 Å². The molecule has 17 heavy (non-hydrogen) atoms. The van der Waals surface area contributed by atoms with Crippen LogP contribution in [0.25, 0.3) is 0 Å². The molecule has 0 N–H and O–H groups in total. The van der Waals surface area contributed by atoms with Crippen molar-refractivity contribution in [2.75, 3.05) is 17.8 Å². The largest absolute Gasteiger partial charge is 0.284 e. The normalized spacial score (nSPS) is 11.5. The van der Waals surface area contributed by atoms with Crippen LogP contribution in [0.3, 0.4) is 0 Å². The molecule has 0 amide bonds. The Hall–Kier alpha value is -0.0600. The Balaban J connectivity index is 3.19. The zero-order valence-corrected chi connectivity index (χ0v) is 12.9. The Morgan fingerprint density at radius 1 is 1.12 bits per heavy atom. The van der Waals surface area contributed by atoms with E-state index in [-0.39, 0.29) is 5.12 Å². The van der Waals surface area contributed by atoms with E-state index in [0.29, 0.717) is 0 Å². The van der Waals surface area contributed by atoms with Crippen LogP contribution in [-0.4, -0.2) is 22.9 Å². The Morgan fingerprint density at radius 2 is 1.65 bits per heavy atom. The fourth-order valence-electron chi connectivity index (χ4n) is 1.64. The number of rotatable bonds is 6. The van der Waals surface area contributed by atoms with Crippen LogP contribution in [0, 0.1) is 0 Å². The summed E-state index contributed by atoms with van der Waals surface area (Å²) in [6, 6.07) is 10.1. The Bertz CT molecular complexity index is 345. The van der Waals surface area contributed by atoms with Gasteiger partial charge in [0, 0.05) is 0 Å². The first-order chi connectivity index (χ1) is 8.21. The van der Waals surface area contributed by atoms with Crippen molar-refractivity contribution in [1.29, 1.82) is 0 Å². The van der Waals surface area contributed by atoms with Gasteiger partial charge in [-0.1, -0.05) is 55.9 Å². The second-order valence-corrected chi connectivity index (χ2v) is 7.33.